The van der Waals surface area contributed by atoms with Crippen molar-refractivity contribution in [3.63, 3.8) is 0 Å². The van der Waals surface area contributed by atoms with Crippen LogP contribution in [0.25, 0.3) is 0 Å². The second-order valence-electron chi connectivity index (χ2n) is 8.42. The average molecular weight is 509 g/mol. The molecule has 0 bridgehead atoms. The van der Waals surface area contributed by atoms with Crippen LogP contribution in [0.1, 0.15) is 24.9 Å². The van der Waals surface area contributed by atoms with Crippen LogP contribution in [0.3, 0.4) is 0 Å². The van der Waals surface area contributed by atoms with Gasteiger partial charge in [-0.25, -0.2) is 28.8 Å². The van der Waals surface area contributed by atoms with E-state index >= 15 is 0 Å². The van der Waals surface area contributed by atoms with Crippen LogP contribution in [-0.4, -0.2) is 26.2 Å². The van der Waals surface area contributed by atoms with Crippen molar-refractivity contribution in [2.75, 3.05) is 4.90 Å². The number of amides is 2. The fourth-order valence-electron chi connectivity index (χ4n) is 4.70. The van der Waals surface area contributed by atoms with Crippen molar-refractivity contribution in [1.82, 2.24) is 14.3 Å². The lowest BCUT2D eigenvalue weighted by Gasteiger charge is -2.27. The number of carbonyl (C=O) groups excluding carboxylic acids is 2. The molecule has 0 radical (unpaired) electrons. The molecule has 9 heteroatoms. The first-order chi connectivity index (χ1) is 15.8. The minimum Gasteiger partial charge on any atom is -0.274 e. The number of hydrogen-bond donors (Lipinski definition) is 1. The normalized spacial score (nSPS) is 22.4. The fourth-order valence-corrected chi connectivity index (χ4v) is 4.97. The van der Waals surface area contributed by atoms with Gasteiger partial charge in [-0.3, -0.25) is 9.59 Å². The van der Waals surface area contributed by atoms with Crippen LogP contribution in [0.15, 0.2) is 80.3 Å². The molecule has 0 saturated carbocycles. The number of benzene rings is 2. The third-order valence-corrected chi connectivity index (χ3v) is 6.93. The van der Waals surface area contributed by atoms with E-state index in [0.717, 1.165) is 20.2 Å². The van der Waals surface area contributed by atoms with E-state index in [0.29, 0.717) is 5.69 Å². The van der Waals surface area contributed by atoms with Crippen LogP contribution in [0.5, 0.6) is 0 Å². The van der Waals surface area contributed by atoms with Gasteiger partial charge >= 0.3 is 11.4 Å². The molecule has 1 aliphatic carbocycles. The van der Waals surface area contributed by atoms with Crippen molar-refractivity contribution in [2.24, 2.45) is 11.8 Å². The van der Waals surface area contributed by atoms with Crippen molar-refractivity contribution < 1.29 is 9.59 Å². The van der Waals surface area contributed by atoms with Gasteiger partial charge in [0, 0.05) is 4.47 Å². The zero-order valence-electron chi connectivity index (χ0n) is 17.8. The van der Waals surface area contributed by atoms with E-state index in [-0.39, 0.29) is 24.8 Å². The summed E-state index contributed by atoms with van der Waals surface area (Å²) in [4.78, 5) is 53.2. The standard InChI is InChI=1S/C24H21BrN4O4/c1-14-11-18-19(22(31)28(21(18)30)17-9-7-16(25)8-10-17)12-20(14)29-24(33)27(23(32)26-29)13-15-5-3-2-4-6-15/h2-11,18-20H,12-13H2,1H3,(H,26,32)/t18-,19+,20-/m0/s1. The van der Waals surface area contributed by atoms with Crippen LogP contribution in [0.2, 0.25) is 0 Å². The Kier molecular flexibility index (Phi) is 5.28. The molecule has 1 N–H and O–H groups in total. The lowest BCUT2D eigenvalue weighted by Crippen LogP contribution is -2.35. The third kappa shape index (κ3) is 3.62. The molecular formula is C24H21BrN4O4. The van der Waals surface area contributed by atoms with Crippen molar-refractivity contribution in [1.29, 1.82) is 0 Å². The van der Waals surface area contributed by atoms with Crippen LogP contribution in [0, 0.1) is 11.8 Å². The Morgan fingerprint density at radius 1 is 0.970 bits per heavy atom. The van der Waals surface area contributed by atoms with Crippen molar-refractivity contribution in [2.45, 2.75) is 25.9 Å². The van der Waals surface area contributed by atoms with Crippen molar-refractivity contribution in [3.05, 3.63) is 97.3 Å². The second kappa shape index (κ2) is 8.15. The number of halogens is 1. The number of aromatic amines is 1. The molecule has 1 fully saturated rings. The highest BCUT2D eigenvalue weighted by atomic mass is 79.9. The Hall–Kier alpha value is -3.46. The third-order valence-electron chi connectivity index (χ3n) is 6.40. The minimum absolute atomic E-state index is 0.151. The summed E-state index contributed by atoms with van der Waals surface area (Å²) in [6.07, 6.45) is 2.02. The van der Waals surface area contributed by atoms with Gasteiger partial charge in [0.2, 0.25) is 11.8 Å². The molecule has 168 valence electrons. The van der Waals surface area contributed by atoms with Crippen LogP contribution in [0.4, 0.5) is 5.69 Å². The first kappa shape index (κ1) is 21.4. The van der Waals surface area contributed by atoms with Crippen LogP contribution in [-0.2, 0) is 16.1 Å². The Bertz CT molecular complexity index is 1380. The first-order valence-corrected chi connectivity index (χ1v) is 11.4. The summed E-state index contributed by atoms with van der Waals surface area (Å²) >= 11 is 3.36. The molecule has 1 saturated heterocycles. The zero-order valence-corrected chi connectivity index (χ0v) is 19.4. The quantitative estimate of drug-likeness (QED) is 0.432. The molecule has 33 heavy (non-hydrogen) atoms. The van der Waals surface area contributed by atoms with E-state index in [2.05, 4.69) is 21.0 Å². The summed E-state index contributed by atoms with van der Waals surface area (Å²) in [5, 5.41) is 2.64. The first-order valence-electron chi connectivity index (χ1n) is 10.6. The van der Waals surface area contributed by atoms with E-state index in [1.165, 1.54) is 9.58 Å². The maximum Gasteiger partial charge on any atom is 0.347 e. The summed E-state index contributed by atoms with van der Waals surface area (Å²) in [6, 6.07) is 15.7. The highest BCUT2D eigenvalue weighted by Gasteiger charge is 2.50. The summed E-state index contributed by atoms with van der Waals surface area (Å²) in [7, 11) is 0. The summed E-state index contributed by atoms with van der Waals surface area (Å²) in [5.41, 5.74) is 1.14. The molecular weight excluding hydrogens is 488 g/mol. The van der Waals surface area contributed by atoms with Gasteiger partial charge in [-0.2, -0.15) is 0 Å². The zero-order chi connectivity index (χ0) is 23.3. The van der Waals surface area contributed by atoms with Crippen LogP contribution >= 0.6 is 15.9 Å². The molecule has 3 aromatic rings. The van der Waals surface area contributed by atoms with Crippen molar-refractivity contribution >= 4 is 33.4 Å². The smallest absolute Gasteiger partial charge is 0.274 e. The number of allylic oxidation sites excluding steroid dienone is 1. The fraction of sp³-hybridized carbons (Fsp3) is 0.250. The lowest BCUT2D eigenvalue weighted by molar-refractivity contribution is -0.122. The number of hydrogen-bond acceptors (Lipinski definition) is 4. The van der Waals surface area contributed by atoms with Gasteiger partial charge in [0.1, 0.15) is 0 Å². The van der Waals surface area contributed by atoms with Gasteiger partial charge in [0.15, 0.2) is 0 Å². The Morgan fingerprint density at radius 2 is 1.67 bits per heavy atom. The number of H-pyrrole nitrogens is 1. The van der Waals surface area contributed by atoms with E-state index < -0.39 is 29.3 Å². The largest absolute Gasteiger partial charge is 0.347 e. The minimum atomic E-state index is -0.595. The molecule has 2 aromatic carbocycles. The summed E-state index contributed by atoms with van der Waals surface area (Å²) in [5.74, 6) is -1.73. The molecule has 1 aliphatic heterocycles. The molecule has 2 aliphatic rings. The number of fused-ring (bicyclic) bond motifs is 1. The van der Waals surface area contributed by atoms with Crippen molar-refractivity contribution in [3.8, 4) is 0 Å². The second-order valence-corrected chi connectivity index (χ2v) is 9.34. The number of carbonyl (C=O) groups is 2. The van der Waals surface area contributed by atoms with Gasteiger partial charge in [0.05, 0.1) is 30.1 Å². The van der Waals surface area contributed by atoms with Gasteiger partial charge < -0.3 is 0 Å². The molecule has 8 nitrogen and oxygen atoms in total. The Morgan fingerprint density at radius 3 is 2.36 bits per heavy atom. The highest BCUT2D eigenvalue weighted by Crippen LogP contribution is 2.42. The van der Waals surface area contributed by atoms with Gasteiger partial charge in [-0.05, 0) is 43.2 Å². The lowest BCUT2D eigenvalue weighted by atomic mass is 9.80. The maximum absolute atomic E-state index is 13.2. The van der Waals surface area contributed by atoms with Crippen LogP contribution < -0.4 is 16.3 Å². The number of rotatable bonds is 4. The van der Waals surface area contributed by atoms with E-state index in [1.807, 2.05) is 37.3 Å². The molecule has 1 aromatic heterocycles. The highest BCUT2D eigenvalue weighted by molar-refractivity contribution is 9.10. The number of anilines is 1. The molecule has 5 rings (SSSR count). The monoisotopic (exact) mass is 508 g/mol. The van der Waals surface area contributed by atoms with Gasteiger partial charge in [0.25, 0.3) is 0 Å². The SMILES string of the molecule is CC1=C[C@@H]2C(=O)N(c3ccc(Br)cc3)C(=O)[C@@H]2C[C@@H]1n1[nH]c(=O)n(Cc2ccccc2)c1=O. The Labute approximate surface area is 197 Å². The maximum atomic E-state index is 13.2. The molecule has 0 unspecified atom stereocenters. The number of nitrogens with one attached hydrogen (secondary N) is 1. The van der Waals surface area contributed by atoms with Gasteiger partial charge in [-0.1, -0.05) is 57.9 Å². The summed E-state index contributed by atoms with van der Waals surface area (Å²) in [6.45, 7) is 1.97. The van der Waals surface area contributed by atoms with Gasteiger partial charge in [-0.15, -0.1) is 0 Å². The molecule has 2 heterocycles. The Balaban J connectivity index is 1.46. The topological polar surface area (TPSA) is 97.2 Å². The van der Waals surface area contributed by atoms with E-state index in [4.69, 9.17) is 0 Å². The molecule has 2 amide bonds. The average Bonchev–Trinajstić information content (AvgIpc) is 3.21. The summed E-state index contributed by atoms with van der Waals surface area (Å²) < 4.78 is 3.28. The predicted octanol–water partition coefficient (Wildman–Crippen LogP) is 2.85. The molecule has 3 atom stereocenters. The predicted molar refractivity (Wildman–Crippen MR) is 126 cm³/mol. The number of imide groups is 1. The van der Waals surface area contributed by atoms with E-state index in [9.17, 15) is 19.2 Å². The number of nitrogens with zero attached hydrogens (tertiary/aromatic N) is 3. The van der Waals surface area contributed by atoms with E-state index in [1.54, 1.807) is 30.3 Å². The number of aromatic nitrogens is 3. The molecule has 0 spiro atoms.